The molecule has 0 saturated carbocycles. The van der Waals surface area contributed by atoms with Crippen LogP contribution in [0.4, 0.5) is 11.4 Å². The fraction of sp³-hybridized carbons (Fsp3) is 0.538. The Bertz CT molecular complexity index is 346. The molecule has 0 aliphatic rings. The zero-order valence-electron chi connectivity index (χ0n) is 10.6. The third-order valence-corrected chi connectivity index (χ3v) is 3.24. The molecule has 0 unspecified atom stereocenters. The maximum absolute atomic E-state index is 5.78. The van der Waals surface area contributed by atoms with Gasteiger partial charge in [-0.05, 0) is 31.9 Å². The van der Waals surface area contributed by atoms with Crippen molar-refractivity contribution in [2.75, 3.05) is 18.2 Å². The zero-order valence-corrected chi connectivity index (χ0v) is 10.6. The molecule has 1 aromatic rings. The molecule has 3 nitrogen and oxygen atoms in total. The van der Waals surface area contributed by atoms with Gasteiger partial charge in [0.2, 0.25) is 0 Å². The molecule has 16 heavy (non-hydrogen) atoms. The Morgan fingerprint density at radius 1 is 1.31 bits per heavy atom. The van der Waals surface area contributed by atoms with Crippen LogP contribution in [0.15, 0.2) is 18.2 Å². The van der Waals surface area contributed by atoms with Crippen LogP contribution in [-0.4, -0.2) is 12.6 Å². The number of benzene rings is 1. The Balaban J connectivity index is 2.89. The lowest BCUT2D eigenvalue weighted by molar-refractivity contribution is 0.416. The molecule has 90 valence electrons. The van der Waals surface area contributed by atoms with Crippen LogP contribution in [0.1, 0.15) is 33.6 Å². The first-order chi connectivity index (χ1) is 7.54. The highest BCUT2D eigenvalue weighted by Crippen LogP contribution is 2.28. The maximum Gasteiger partial charge on any atom is 0.143 e. The number of anilines is 2. The first-order valence-electron chi connectivity index (χ1n) is 5.76. The molecule has 0 fully saturated rings. The Morgan fingerprint density at radius 2 is 1.94 bits per heavy atom. The van der Waals surface area contributed by atoms with Crippen molar-refractivity contribution in [3.05, 3.63) is 18.2 Å². The molecule has 3 N–H and O–H groups in total. The summed E-state index contributed by atoms with van der Waals surface area (Å²) in [5.74, 6) is 0.722. The summed E-state index contributed by atoms with van der Waals surface area (Å²) >= 11 is 0. The lowest BCUT2D eigenvalue weighted by Gasteiger charge is -2.29. The first-order valence-corrected chi connectivity index (χ1v) is 5.76. The summed E-state index contributed by atoms with van der Waals surface area (Å²) in [5.41, 5.74) is 7.62. The van der Waals surface area contributed by atoms with Crippen molar-refractivity contribution >= 4 is 11.4 Å². The van der Waals surface area contributed by atoms with Crippen molar-refractivity contribution in [2.45, 2.75) is 39.2 Å². The third-order valence-electron chi connectivity index (χ3n) is 3.24. The number of rotatable bonds is 5. The number of hydrogen-bond donors (Lipinski definition) is 2. The molecular weight excluding hydrogens is 200 g/mol. The van der Waals surface area contributed by atoms with Gasteiger partial charge >= 0.3 is 0 Å². The van der Waals surface area contributed by atoms with Gasteiger partial charge in [0.1, 0.15) is 5.75 Å². The highest BCUT2D eigenvalue weighted by atomic mass is 16.5. The predicted octanol–water partition coefficient (Wildman–Crippen LogP) is 3.27. The highest BCUT2D eigenvalue weighted by molar-refractivity contribution is 5.61. The van der Waals surface area contributed by atoms with Crippen LogP contribution in [0.2, 0.25) is 0 Å². The lowest BCUT2D eigenvalue weighted by Crippen LogP contribution is -2.32. The summed E-state index contributed by atoms with van der Waals surface area (Å²) < 4.78 is 5.20. The molecule has 0 heterocycles. The summed E-state index contributed by atoms with van der Waals surface area (Å²) in [6.45, 7) is 6.59. The molecule has 3 heteroatoms. The molecule has 1 aromatic carbocycles. The fourth-order valence-corrected chi connectivity index (χ4v) is 1.56. The van der Waals surface area contributed by atoms with Crippen LogP contribution in [0, 0.1) is 0 Å². The van der Waals surface area contributed by atoms with Gasteiger partial charge in [0.25, 0.3) is 0 Å². The van der Waals surface area contributed by atoms with Crippen LogP contribution >= 0.6 is 0 Å². The average molecular weight is 222 g/mol. The molecule has 1 rings (SSSR count). The van der Waals surface area contributed by atoms with Crippen LogP contribution in [-0.2, 0) is 0 Å². The Hall–Kier alpha value is -1.38. The van der Waals surface area contributed by atoms with E-state index in [-0.39, 0.29) is 5.54 Å². The van der Waals surface area contributed by atoms with E-state index in [1.807, 2.05) is 18.2 Å². The van der Waals surface area contributed by atoms with E-state index in [9.17, 15) is 0 Å². The van der Waals surface area contributed by atoms with Gasteiger partial charge in [0, 0.05) is 17.3 Å². The number of nitrogens with one attached hydrogen (secondary N) is 1. The normalized spacial score (nSPS) is 11.2. The van der Waals surface area contributed by atoms with Crippen LogP contribution in [0.5, 0.6) is 5.75 Å². The van der Waals surface area contributed by atoms with E-state index < -0.39 is 0 Å². The fourth-order valence-electron chi connectivity index (χ4n) is 1.56. The number of nitrogens with two attached hydrogens (primary N) is 1. The quantitative estimate of drug-likeness (QED) is 0.752. The molecule has 0 radical (unpaired) electrons. The minimum absolute atomic E-state index is 0.126. The Labute approximate surface area is 98.0 Å². The van der Waals surface area contributed by atoms with Gasteiger partial charge in [0.05, 0.1) is 12.8 Å². The molecule has 0 bridgehead atoms. The van der Waals surface area contributed by atoms with Crippen LogP contribution in [0.3, 0.4) is 0 Å². The van der Waals surface area contributed by atoms with E-state index in [2.05, 4.69) is 26.1 Å². The topological polar surface area (TPSA) is 47.3 Å². The number of nitrogen functional groups attached to an aromatic ring is 1. The highest BCUT2D eigenvalue weighted by Gasteiger charge is 2.19. The number of hydrogen-bond acceptors (Lipinski definition) is 3. The predicted molar refractivity (Wildman–Crippen MR) is 70.0 cm³/mol. The largest absolute Gasteiger partial charge is 0.495 e. The zero-order chi connectivity index (χ0) is 12.2. The van der Waals surface area contributed by atoms with Gasteiger partial charge in [-0.15, -0.1) is 0 Å². The van der Waals surface area contributed by atoms with Crippen molar-refractivity contribution in [1.29, 1.82) is 0 Å². The smallest absolute Gasteiger partial charge is 0.143 e. The second-order valence-electron chi connectivity index (χ2n) is 4.35. The maximum atomic E-state index is 5.78. The third kappa shape index (κ3) is 2.81. The molecule has 0 spiro atoms. The van der Waals surface area contributed by atoms with Crippen LogP contribution < -0.4 is 15.8 Å². The monoisotopic (exact) mass is 222 g/mol. The van der Waals surface area contributed by atoms with Crippen molar-refractivity contribution < 1.29 is 4.74 Å². The molecule has 0 aliphatic carbocycles. The van der Waals surface area contributed by atoms with Crippen molar-refractivity contribution in [3.8, 4) is 5.75 Å². The molecule has 0 aromatic heterocycles. The second-order valence-corrected chi connectivity index (χ2v) is 4.35. The van der Waals surface area contributed by atoms with Crippen molar-refractivity contribution in [3.63, 3.8) is 0 Å². The second kappa shape index (κ2) is 5.10. The van der Waals surface area contributed by atoms with Crippen LogP contribution in [0.25, 0.3) is 0 Å². The van der Waals surface area contributed by atoms with Gasteiger partial charge < -0.3 is 15.8 Å². The van der Waals surface area contributed by atoms with E-state index in [4.69, 9.17) is 10.5 Å². The SMILES string of the molecule is CCC(C)(CC)Nc1ccc(N)c(OC)c1. The van der Waals surface area contributed by atoms with Gasteiger partial charge in [0.15, 0.2) is 0 Å². The average Bonchev–Trinajstić information content (AvgIpc) is 2.31. The minimum Gasteiger partial charge on any atom is -0.495 e. The summed E-state index contributed by atoms with van der Waals surface area (Å²) in [5, 5.41) is 3.52. The first kappa shape index (κ1) is 12.7. The Kier molecular flexibility index (Phi) is 4.05. The van der Waals surface area contributed by atoms with Gasteiger partial charge in [-0.2, -0.15) is 0 Å². The summed E-state index contributed by atoms with van der Waals surface area (Å²) in [6.07, 6.45) is 2.16. The molecular formula is C13H22N2O. The molecule has 0 saturated heterocycles. The van der Waals surface area contributed by atoms with E-state index in [1.54, 1.807) is 7.11 Å². The summed E-state index contributed by atoms with van der Waals surface area (Å²) in [6, 6.07) is 5.80. The van der Waals surface area contributed by atoms with E-state index in [0.29, 0.717) is 5.69 Å². The van der Waals surface area contributed by atoms with E-state index >= 15 is 0 Å². The molecule has 0 amide bonds. The van der Waals surface area contributed by atoms with E-state index in [1.165, 1.54) is 0 Å². The lowest BCUT2D eigenvalue weighted by atomic mass is 9.95. The standard InChI is InChI=1S/C13H22N2O/c1-5-13(3,6-2)15-10-7-8-11(14)12(9-10)16-4/h7-9,15H,5-6,14H2,1-4H3. The van der Waals surface area contributed by atoms with Gasteiger partial charge in [-0.1, -0.05) is 13.8 Å². The minimum atomic E-state index is 0.126. The summed E-state index contributed by atoms with van der Waals surface area (Å²) in [4.78, 5) is 0. The molecule has 0 atom stereocenters. The molecule has 0 aliphatic heterocycles. The van der Waals surface area contributed by atoms with E-state index in [0.717, 1.165) is 24.3 Å². The van der Waals surface area contributed by atoms with Gasteiger partial charge in [-0.25, -0.2) is 0 Å². The van der Waals surface area contributed by atoms with Gasteiger partial charge in [-0.3, -0.25) is 0 Å². The number of methoxy groups -OCH3 is 1. The Morgan fingerprint density at radius 3 is 2.44 bits per heavy atom. The summed E-state index contributed by atoms with van der Waals surface area (Å²) in [7, 11) is 1.63. The van der Waals surface area contributed by atoms with Crippen molar-refractivity contribution in [1.82, 2.24) is 0 Å². The van der Waals surface area contributed by atoms with Crippen molar-refractivity contribution in [2.24, 2.45) is 0 Å². The number of ether oxygens (including phenoxy) is 1.